The van der Waals surface area contributed by atoms with Gasteiger partial charge in [0.25, 0.3) is 0 Å². The Kier molecular flexibility index (Phi) is 9.82. The van der Waals surface area contributed by atoms with Gasteiger partial charge in [0.05, 0.1) is 17.4 Å². The molecule has 3 rings (SSSR count). The summed E-state index contributed by atoms with van der Waals surface area (Å²) in [5, 5.41) is 12.3. The molecule has 2 amide bonds. The van der Waals surface area contributed by atoms with Crippen molar-refractivity contribution in [3.8, 4) is 0 Å². The summed E-state index contributed by atoms with van der Waals surface area (Å²) in [7, 11) is -3.86. The second kappa shape index (κ2) is 12.4. The Morgan fingerprint density at radius 2 is 1.86 bits per heavy atom. The van der Waals surface area contributed by atoms with Crippen LogP contribution in [0.5, 0.6) is 0 Å². The third kappa shape index (κ3) is 7.94. The minimum Gasteiger partial charge on any atom is -0.481 e. The van der Waals surface area contributed by atoms with E-state index in [0.717, 1.165) is 49.2 Å². The van der Waals surface area contributed by atoms with Crippen molar-refractivity contribution < 1.29 is 23.1 Å². The van der Waals surface area contributed by atoms with Crippen LogP contribution >= 0.6 is 23.1 Å². The van der Waals surface area contributed by atoms with E-state index in [4.69, 9.17) is 0 Å². The van der Waals surface area contributed by atoms with E-state index in [2.05, 4.69) is 29.4 Å². The second-order valence-corrected chi connectivity index (χ2v) is 14.4. The van der Waals surface area contributed by atoms with Gasteiger partial charge in [-0.05, 0) is 69.8 Å². The van der Waals surface area contributed by atoms with E-state index in [1.54, 1.807) is 11.8 Å². The highest BCUT2D eigenvalue weighted by Gasteiger charge is 2.35. The van der Waals surface area contributed by atoms with Crippen LogP contribution in [0, 0.1) is 11.3 Å². The molecule has 198 valence electrons. The number of sulfone groups is 1. The number of thiazole rings is 1. The monoisotopic (exact) mass is 553 g/mol. The van der Waals surface area contributed by atoms with Crippen LogP contribution in [0.1, 0.15) is 52.9 Å². The molecule has 1 saturated carbocycles. The van der Waals surface area contributed by atoms with Gasteiger partial charge in [0.2, 0.25) is 0 Å². The molecular weight excluding hydrogens is 518 g/mol. The third-order valence-corrected chi connectivity index (χ3v) is 11.0. The summed E-state index contributed by atoms with van der Waals surface area (Å²) >= 11 is 2.62. The molecule has 1 heterocycles. The summed E-state index contributed by atoms with van der Waals surface area (Å²) in [6, 6.07) is 10.0. The van der Waals surface area contributed by atoms with Gasteiger partial charge >= 0.3 is 12.0 Å². The summed E-state index contributed by atoms with van der Waals surface area (Å²) in [5.74, 6) is -0.194. The molecule has 0 saturated heterocycles. The zero-order valence-electron chi connectivity index (χ0n) is 21.0. The van der Waals surface area contributed by atoms with Crippen molar-refractivity contribution in [2.45, 2.75) is 68.0 Å². The minimum atomic E-state index is -3.86. The van der Waals surface area contributed by atoms with Crippen LogP contribution in [-0.2, 0) is 14.6 Å². The average molecular weight is 554 g/mol. The van der Waals surface area contributed by atoms with Crippen molar-refractivity contribution in [1.82, 2.24) is 9.88 Å². The van der Waals surface area contributed by atoms with Crippen LogP contribution in [0.2, 0.25) is 0 Å². The van der Waals surface area contributed by atoms with Gasteiger partial charge < -0.3 is 10.0 Å². The average Bonchev–Trinajstić information content (AvgIpc) is 3.29. The molecule has 1 aliphatic rings. The van der Waals surface area contributed by atoms with E-state index in [1.807, 2.05) is 23.1 Å². The molecule has 0 radical (unpaired) electrons. The van der Waals surface area contributed by atoms with Gasteiger partial charge in [-0.1, -0.05) is 36.5 Å². The molecule has 1 aliphatic carbocycles. The highest BCUT2D eigenvalue weighted by Crippen LogP contribution is 2.31. The number of thioether (sulfide) groups is 1. The van der Waals surface area contributed by atoms with Gasteiger partial charge in [-0.3, -0.25) is 10.1 Å². The molecule has 36 heavy (non-hydrogen) atoms. The van der Waals surface area contributed by atoms with Crippen molar-refractivity contribution >= 4 is 50.1 Å². The number of carboxylic acids is 1. The molecular formula is C25H35N3O5S3. The minimum absolute atomic E-state index is 0.0515. The molecule has 1 aromatic heterocycles. The number of hydrogen-bond acceptors (Lipinski definition) is 7. The highest BCUT2D eigenvalue weighted by atomic mass is 32.2. The number of rotatable bonds is 11. The molecule has 0 bridgehead atoms. The highest BCUT2D eigenvalue weighted by molar-refractivity contribution is 7.99. The van der Waals surface area contributed by atoms with Crippen LogP contribution in [0.25, 0.3) is 0 Å². The van der Waals surface area contributed by atoms with Crippen LogP contribution in [0.3, 0.4) is 0 Å². The standard InChI is InChI=1S/C25H35N3O5S3/c1-18-10-12-19(13-11-18)28(14-7-15-34-20-8-5-4-6-9-20)24(31)27-23-26-16-21(35-23)36(32,33)17-25(2,3)22(29)30/h4-6,8-9,16,18-19H,7,10-15,17H2,1-3H3,(H,29,30)(H,26,27,31)/t18-,19-. The number of hydrogen-bond donors (Lipinski definition) is 2. The van der Waals surface area contributed by atoms with Crippen molar-refractivity contribution in [3.63, 3.8) is 0 Å². The second-order valence-electron chi connectivity index (χ2n) is 9.98. The number of urea groups is 1. The van der Waals surface area contributed by atoms with Crippen LogP contribution < -0.4 is 5.32 Å². The Bertz CT molecular complexity index is 1130. The van der Waals surface area contributed by atoms with E-state index < -0.39 is 27.0 Å². The number of carboxylic acid groups (broad SMARTS) is 1. The van der Waals surface area contributed by atoms with E-state index in [9.17, 15) is 23.1 Å². The molecule has 0 atom stereocenters. The number of benzene rings is 1. The molecule has 1 aromatic carbocycles. The van der Waals surface area contributed by atoms with Gasteiger partial charge in [-0.15, -0.1) is 11.8 Å². The van der Waals surface area contributed by atoms with Gasteiger partial charge in [-0.2, -0.15) is 0 Å². The topological polar surface area (TPSA) is 117 Å². The van der Waals surface area contributed by atoms with E-state index >= 15 is 0 Å². The number of anilines is 1. The van der Waals surface area contributed by atoms with Gasteiger partial charge in [0.1, 0.15) is 4.21 Å². The van der Waals surface area contributed by atoms with Crippen molar-refractivity contribution in [2.24, 2.45) is 11.3 Å². The Balaban J connectivity index is 1.65. The lowest BCUT2D eigenvalue weighted by Crippen LogP contribution is -2.45. The van der Waals surface area contributed by atoms with Crippen LogP contribution in [0.15, 0.2) is 45.6 Å². The fourth-order valence-electron chi connectivity index (χ4n) is 4.18. The summed E-state index contributed by atoms with van der Waals surface area (Å²) < 4.78 is 25.4. The van der Waals surface area contributed by atoms with E-state index in [1.165, 1.54) is 24.9 Å². The normalized spacial score (nSPS) is 18.5. The Hall–Kier alpha value is -2.11. The maximum absolute atomic E-state index is 13.3. The molecule has 11 heteroatoms. The molecule has 1 fully saturated rings. The summed E-state index contributed by atoms with van der Waals surface area (Å²) in [6.07, 6.45) is 6.07. The number of amides is 2. The Labute approximate surface area is 221 Å². The molecule has 8 nitrogen and oxygen atoms in total. The number of aliphatic carboxylic acids is 1. The first-order valence-electron chi connectivity index (χ1n) is 12.2. The van der Waals surface area contributed by atoms with Gasteiger partial charge in [0.15, 0.2) is 15.0 Å². The SMILES string of the molecule is CC(C)(CS(=O)(=O)c1cnc(NC(=O)N(CCCSc2ccccc2)[C@H]2CC[C@H](C)CC2)s1)C(=O)O. The first kappa shape index (κ1) is 28.5. The number of nitrogens with one attached hydrogen (secondary N) is 1. The van der Waals surface area contributed by atoms with Gasteiger partial charge in [-0.25, -0.2) is 18.2 Å². The molecule has 2 aromatic rings. The largest absolute Gasteiger partial charge is 0.481 e. The van der Waals surface area contributed by atoms with Crippen molar-refractivity contribution in [3.05, 3.63) is 36.5 Å². The summed E-state index contributed by atoms with van der Waals surface area (Å²) in [4.78, 5) is 31.8. The zero-order chi connectivity index (χ0) is 26.3. The van der Waals surface area contributed by atoms with Crippen molar-refractivity contribution in [2.75, 3.05) is 23.4 Å². The lowest BCUT2D eigenvalue weighted by molar-refractivity contribution is -0.145. The number of aromatic nitrogens is 1. The quantitative estimate of drug-likeness (QED) is 0.274. The van der Waals surface area contributed by atoms with Crippen molar-refractivity contribution in [1.29, 1.82) is 0 Å². The lowest BCUT2D eigenvalue weighted by Gasteiger charge is -2.36. The molecule has 2 N–H and O–H groups in total. The Morgan fingerprint density at radius 1 is 1.19 bits per heavy atom. The summed E-state index contributed by atoms with van der Waals surface area (Å²) in [6.45, 7) is 5.58. The van der Waals surface area contributed by atoms with E-state index in [-0.39, 0.29) is 21.4 Å². The number of carbonyl (C=O) groups is 2. The maximum atomic E-state index is 13.3. The number of nitrogens with zero attached hydrogens (tertiary/aromatic N) is 2. The first-order valence-corrected chi connectivity index (χ1v) is 15.6. The van der Waals surface area contributed by atoms with Gasteiger partial charge in [0, 0.05) is 17.5 Å². The molecule has 0 spiro atoms. The molecule has 0 aliphatic heterocycles. The van der Waals surface area contributed by atoms with Crippen LogP contribution in [-0.4, -0.2) is 59.5 Å². The van der Waals surface area contributed by atoms with E-state index in [0.29, 0.717) is 12.5 Å². The molecule has 0 unspecified atom stereocenters. The zero-order valence-corrected chi connectivity index (χ0v) is 23.4. The fraction of sp³-hybridized carbons (Fsp3) is 0.560. The smallest absolute Gasteiger partial charge is 0.323 e. The maximum Gasteiger partial charge on any atom is 0.323 e. The Morgan fingerprint density at radius 3 is 2.50 bits per heavy atom. The third-order valence-electron chi connectivity index (χ3n) is 6.38. The van der Waals surface area contributed by atoms with Crippen LogP contribution in [0.4, 0.5) is 9.93 Å². The first-order chi connectivity index (χ1) is 17.0. The lowest BCUT2D eigenvalue weighted by atomic mass is 9.86. The number of carbonyl (C=O) groups excluding carboxylic acids is 1. The summed E-state index contributed by atoms with van der Waals surface area (Å²) in [5.41, 5.74) is -1.43. The predicted molar refractivity (Wildman–Crippen MR) is 145 cm³/mol. The fourth-order valence-corrected chi connectivity index (χ4v) is 7.93. The predicted octanol–water partition coefficient (Wildman–Crippen LogP) is 5.62.